The first-order valence-electron chi connectivity index (χ1n) is 7.73. The van der Waals surface area contributed by atoms with E-state index in [1.807, 2.05) is 0 Å². The number of nitrogens with one attached hydrogen (secondary N) is 2. The fourth-order valence-corrected chi connectivity index (χ4v) is 2.74. The van der Waals surface area contributed by atoms with E-state index >= 15 is 0 Å². The van der Waals surface area contributed by atoms with Gasteiger partial charge in [0.2, 0.25) is 17.8 Å². The van der Waals surface area contributed by atoms with E-state index in [1.165, 1.54) is 19.1 Å². The highest BCUT2D eigenvalue weighted by Crippen LogP contribution is 2.18. The Kier molecular flexibility index (Phi) is 4.54. The van der Waals surface area contributed by atoms with Gasteiger partial charge in [0.15, 0.2) is 0 Å². The molecule has 0 radical (unpaired) electrons. The van der Waals surface area contributed by atoms with Crippen LogP contribution in [0.4, 0.5) is 10.3 Å². The number of aromatic amines is 1. The zero-order valence-corrected chi connectivity index (χ0v) is 13.3. The molecular formula is C16H18FN5O2. The predicted octanol–water partition coefficient (Wildman–Crippen LogP) is 1.34. The summed E-state index contributed by atoms with van der Waals surface area (Å²) >= 11 is 0. The van der Waals surface area contributed by atoms with Crippen LogP contribution in [0.2, 0.25) is 0 Å². The lowest BCUT2D eigenvalue weighted by Crippen LogP contribution is -2.30. The first-order chi connectivity index (χ1) is 11.5. The molecule has 2 aromatic rings. The molecule has 1 aromatic heterocycles. The standard InChI is InChI=1S/C16H18FN5O2/c1-10(23)22-6-5-12(9-22)15(24)19-16-18-14(20-21-16)8-11-3-2-4-13(17)7-11/h2-4,7,12H,5-6,8-9H2,1H3,(H2,18,19,20,21,24)/t12-/m0/s1. The van der Waals surface area contributed by atoms with Crippen molar-refractivity contribution in [2.45, 2.75) is 19.8 Å². The molecule has 1 aliphatic rings. The van der Waals surface area contributed by atoms with E-state index in [2.05, 4.69) is 20.5 Å². The summed E-state index contributed by atoms with van der Waals surface area (Å²) in [6.07, 6.45) is 1.02. The minimum absolute atomic E-state index is 0.0272. The third-order valence-electron chi connectivity index (χ3n) is 4.03. The van der Waals surface area contributed by atoms with Crippen LogP contribution in [0.5, 0.6) is 0 Å². The molecule has 1 atom stereocenters. The third kappa shape index (κ3) is 3.76. The SMILES string of the molecule is CC(=O)N1CC[C@H](C(=O)Nc2n[nH]c(Cc3cccc(F)c3)n2)C1. The van der Waals surface area contributed by atoms with Crippen LogP contribution in [-0.2, 0) is 16.0 Å². The number of likely N-dealkylation sites (tertiary alicyclic amines) is 1. The van der Waals surface area contributed by atoms with Gasteiger partial charge < -0.3 is 4.90 Å². The number of hydrogen-bond donors (Lipinski definition) is 2. The van der Waals surface area contributed by atoms with Gasteiger partial charge in [-0.25, -0.2) is 4.39 Å². The van der Waals surface area contributed by atoms with E-state index < -0.39 is 0 Å². The number of carbonyl (C=O) groups is 2. The molecule has 2 amide bonds. The van der Waals surface area contributed by atoms with Crippen molar-refractivity contribution in [1.82, 2.24) is 20.1 Å². The van der Waals surface area contributed by atoms with Crippen LogP contribution >= 0.6 is 0 Å². The van der Waals surface area contributed by atoms with Crippen molar-refractivity contribution in [3.05, 3.63) is 41.5 Å². The van der Waals surface area contributed by atoms with Crippen LogP contribution in [0.15, 0.2) is 24.3 Å². The van der Waals surface area contributed by atoms with Crippen LogP contribution in [0.3, 0.4) is 0 Å². The maximum atomic E-state index is 13.2. The summed E-state index contributed by atoms with van der Waals surface area (Å²) in [6, 6.07) is 6.22. The van der Waals surface area contributed by atoms with Gasteiger partial charge in [0, 0.05) is 26.4 Å². The highest BCUT2D eigenvalue weighted by Gasteiger charge is 2.30. The summed E-state index contributed by atoms with van der Waals surface area (Å²) in [7, 11) is 0. The zero-order chi connectivity index (χ0) is 17.1. The van der Waals surface area contributed by atoms with Crippen LogP contribution in [0, 0.1) is 11.7 Å². The van der Waals surface area contributed by atoms with Gasteiger partial charge >= 0.3 is 0 Å². The van der Waals surface area contributed by atoms with Gasteiger partial charge in [-0.3, -0.25) is 20.0 Å². The van der Waals surface area contributed by atoms with E-state index in [4.69, 9.17) is 0 Å². The minimum atomic E-state index is -0.309. The van der Waals surface area contributed by atoms with E-state index in [0.717, 1.165) is 5.56 Å². The molecule has 1 aliphatic heterocycles. The van der Waals surface area contributed by atoms with Crippen molar-refractivity contribution >= 4 is 17.8 Å². The van der Waals surface area contributed by atoms with Crippen LogP contribution in [-0.4, -0.2) is 45.0 Å². The van der Waals surface area contributed by atoms with E-state index in [1.54, 1.807) is 17.0 Å². The lowest BCUT2D eigenvalue weighted by atomic mass is 10.1. The molecule has 2 N–H and O–H groups in total. The largest absolute Gasteiger partial charge is 0.342 e. The molecule has 0 unspecified atom stereocenters. The molecule has 126 valence electrons. The van der Waals surface area contributed by atoms with Gasteiger partial charge in [0.1, 0.15) is 11.6 Å². The van der Waals surface area contributed by atoms with Crippen molar-refractivity contribution in [1.29, 1.82) is 0 Å². The highest BCUT2D eigenvalue weighted by molar-refractivity contribution is 5.91. The number of hydrogen-bond acceptors (Lipinski definition) is 4. The molecule has 0 spiro atoms. The number of halogens is 1. The zero-order valence-electron chi connectivity index (χ0n) is 13.3. The van der Waals surface area contributed by atoms with E-state index in [-0.39, 0.29) is 29.5 Å². The Balaban J connectivity index is 1.58. The number of amides is 2. The molecule has 1 fully saturated rings. The molecule has 1 saturated heterocycles. The molecule has 1 aromatic carbocycles. The molecule has 0 bridgehead atoms. The number of H-pyrrole nitrogens is 1. The second-order valence-corrected chi connectivity index (χ2v) is 5.85. The number of nitrogens with zero attached hydrogens (tertiary/aromatic N) is 3. The van der Waals surface area contributed by atoms with Crippen LogP contribution in [0.1, 0.15) is 24.7 Å². The topological polar surface area (TPSA) is 91.0 Å². The van der Waals surface area contributed by atoms with Gasteiger partial charge in [-0.2, -0.15) is 4.98 Å². The first-order valence-corrected chi connectivity index (χ1v) is 7.73. The Labute approximate surface area is 138 Å². The van der Waals surface area contributed by atoms with Gasteiger partial charge in [0.05, 0.1) is 5.92 Å². The Morgan fingerprint density at radius 1 is 1.46 bits per heavy atom. The smallest absolute Gasteiger partial charge is 0.248 e. The Bertz CT molecular complexity index is 760. The Morgan fingerprint density at radius 3 is 3.00 bits per heavy atom. The average molecular weight is 331 g/mol. The number of anilines is 1. The Hall–Kier alpha value is -2.77. The maximum Gasteiger partial charge on any atom is 0.248 e. The van der Waals surface area contributed by atoms with Gasteiger partial charge in [0.25, 0.3) is 0 Å². The Morgan fingerprint density at radius 2 is 2.29 bits per heavy atom. The lowest BCUT2D eigenvalue weighted by Gasteiger charge is -2.13. The van der Waals surface area contributed by atoms with Crippen molar-refractivity contribution in [3.63, 3.8) is 0 Å². The molecular weight excluding hydrogens is 313 g/mol. The average Bonchev–Trinajstić information content (AvgIpc) is 3.17. The van der Waals surface area contributed by atoms with Crippen molar-refractivity contribution in [3.8, 4) is 0 Å². The van der Waals surface area contributed by atoms with Crippen molar-refractivity contribution in [2.24, 2.45) is 5.92 Å². The fraction of sp³-hybridized carbons (Fsp3) is 0.375. The van der Waals surface area contributed by atoms with Crippen molar-refractivity contribution < 1.29 is 14.0 Å². The normalized spacial score (nSPS) is 17.1. The number of aromatic nitrogens is 3. The lowest BCUT2D eigenvalue weighted by molar-refractivity contribution is -0.128. The minimum Gasteiger partial charge on any atom is -0.342 e. The fourth-order valence-electron chi connectivity index (χ4n) is 2.74. The second-order valence-electron chi connectivity index (χ2n) is 5.85. The predicted molar refractivity (Wildman–Crippen MR) is 84.6 cm³/mol. The number of carbonyl (C=O) groups excluding carboxylic acids is 2. The molecule has 2 heterocycles. The molecule has 24 heavy (non-hydrogen) atoms. The van der Waals surface area contributed by atoms with Crippen LogP contribution < -0.4 is 5.32 Å². The van der Waals surface area contributed by atoms with Gasteiger partial charge in [-0.05, 0) is 24.1 Å². The number of rotatable bonds is 4. The summed E-state index contributed by atoms with van der Waals surface area (Å²) in [4.78, 5) is 29.4. The second kappa shape index (κ2) is 6.77. The molecule has 7 nitrogen and oxygen atoms in total. The molecule has 0 saturated carbocycles. The summed E-state index contributed by atoms with van der Waals surface area (Å²) in [5.74, 6) is -0.0631. The first kappa shape index (κ1) is 16.1. The van der Waals surface area contributed by atoms with Gasteiger partial charge in [-0.15, -0.1) is 5.10 Å². The highest BCUT2D eigenvalue weighted by atomic mass is 19.1. The molecule has 3 rings (SSSR count). The molecule has 8 heteroatoms. The summed E-state index contributed by atoms with van der Waals surface area (Å²) in [6.45, 7) is 2.50. The maximum absolute atomic E-state index is 13.2. The summed E-state index contributed by atoms with van der Waals surface area (Å²) < 4.78 is 13.2. The van der Waals surface area contributed by atoms with Gasteiger partial charge in [-0.1, -0.05) is 12.1 Å². The monoisotopic (exact) mass is 331 g/mol. The molecule has 0 aliphatic carbocycles. The summed E-state index contributed by atoms with van der Waals surface area (Å²) in [5, 5.41) is 9.35. The number of benzene rings is 1. The van der Waals surface area contributed by atoms with E-state index in [0.29, 0.717) is 31.8 Å². The third-order valence-corrected chi connectivity index (χ3v) is 4.03. The summed E-state index contributed by atoms with van der Waals surface area (Å²) in [5.41, 5.74) is 0.761. The quantitative estimate of drug-likeness (QED) is 0.884. The van der Waals surface area contributed by atoms with Crippen molar-refractivity contribution in [2.75, 3.05) is 18.4 Å². The van der Waals surface area contributed by atoms with E-state index in [9.17, 15) is 14.0 Å². The van der Waals surface area contributed by atoms with Crippen LogP contribution in [0.25, 0.3) is 0 Å².